The van der Waals surface area contributed by atoms with Crippen molar-refractivity contribution in [2.45, 2.75) is 25.1 Å². The van der Waals surface area contributed by atoms with E-state index in [9.17, 15) is 18.3 Å². The molecule has 0 saturated carbocycles. The van der Waals surface area contributed by atoms with Crippen molar-refractivity contribution in [3.8, 4) is 5.75 Å². The summed E-state index contributed by atoms with van der Waals surface area (Å²) in [4.78, 5) is 19.8. The van der Waals surface area contributed by atoms with Crippen molar-refractivity contribution in [3.63, 3.8) is 0 Å². The van der Waals surface area contributed by atoms with Gasteiger partial charge in [0.2, 0.25) is 0 Å². The van der Waals surface area contributed by atoms with Crippen LogP contribution in [0, 0.1) is 0 Å². The molecule has 180 valence electrons. The summed E-state index contributed by atoms with van der Waals surface area (Å²) in [6, 6.07) is 14.9. The number of nitrogens with zero attached hydrogens (tertiary/aromatic N) is 2. The summed E-state index contributed by atoms with van der Waals surface area (Å²) in [6.45, 7) is 2.91. The standard InChI is InChI=1S/C25H29N3O5S/c29-25(30)24(28-11-9-27(10-12-28)19-8-13-34(31,32)17-19)22-15-26-23-7-6-20(14-21(22)23)33-16-18-4-2-1-3-5-18/h1-7,14-15,19,24,26H,8-13,16-17H2,(H,29,30). The number of hydrogen-bond acceptors (Lipinski definition) is 6. The first kappa shape index (κ1) is 22.9. The zero-order valence-electron chi connectivity index (χ0n) is 18.9. The van der Waals surface area contributed by atoms with Crippen LogP contribution < -0.4 is 4.74 Å². The molecule has 1 aromatic heterocycles. The molecule has 2 atom stereocenters. The maximum Gasteiger partial charge on any atom is 0.325 e. The summed E-state index contributed by atoms with van der Waals surface area (Å²) in [5.41, 5.74) is 2.64. The van der Waals surface area contributed by atoms with Crippen LogP contribution in [0.25, 0.3) is 10.9 Å². The minimum atomic E-state index is -2.94. The molecule has 3 heterocycles. The first-order valence-corrected chi connectivity index (χ1v) is 13.4. The number of rotatable bonds is 7. The van der Waals surface area contributed by atoms with Gasteiger partial charge in [0.05, 0.1) is 11.5 Å². The lowest BCUT2D eigenvalue weighted by atomic mass is 10.0. The molecular formula is C25H29N3O5S. The van der Waals surface area contributed by atoms with Gasteiger partial charge in [-0.05, 0) is 30.2 Å². The quantitative estimate of drug-likeness (QED) is 0.533. The maximum atomic E-state index is 12.4. The molecule has 5 rings (SSSR count). The van der Waals surface area contributed by atoms with E-state index in [0.29, 0.717) is 50.5 Å². The van der Waals surface area contributed by atoms with Gasteiger partial charge in [-0.1, -0.05) is 30.3 Å². The average molecular weight is 484 g/mol. The van der Waals surface area contributed by atoms with Gasteiger partial charge in [-0.3, -0.25) is 14.6 Å². The summed E-state index contributed by atoms with van der Waals surface area (Å²) in [5, 5.41) is 11.0. The van der Waals surface area contributed by atoms with E-state index < -0.39 is 21.8 Å². The molecule has 2 N–H and O–H groups in total. The number of carbonyl (C=O) groups is 1. The smallest absolute Gasteiger partial charge is 0.325 e. The molecule has 0 bridgehead atoms. The van der Waals surface area contributed by atoms with Crippen molar-refractivity contribution in [2.24, 2.45) is 0 Å². The average Bonchev–Trinajstić information content (AvgIpc) is 3.41. The second-order valence-electron chi connectivity index (χ2n) is 9.10. The minimum Gasteiger partial charge on any atom is -0.489 e. The molecule has 0 aliphatic carbocycles. The molecule has 2 unspecified atom stereocenters. The molecule has 0 amide bonds. The fraction of sp³-hybridized carbons (Fsp3) is 0.400. The van der Waals surface area contributed by atoms with E-state index in [4.69, 9.17) is 4.74 Å². The van der Waals surface area contributed by atoms with Crippen LogP contribution in [-0.4, -0.2) is 78.0 Å². The van der Waals surface area contributed by atoms with Crippen LogP contribution in [0.15, 0.2) is 54.7 Å². The Hall–Kier alpha value is -2.88. The number of sulfone groups is 1. The summed E-state index contributed by atoms with van der Waals surface area (Å²) < 4.78 is 29.7. The van der Waals surface area contributed by atoms with E-state index in [1.165, 1.54) is 0 Å². The van der Waals surface area contributed by atoms with Gasteiger partial charge >= 0.3 is 5.97 Å². The highest BCUT2D eigenvalue weighted by Gasteiger charge is 2.37. The summed E-state index contributed by atoms with van der Waals surface area (Å²) >= 11 is 0. The number of aliphatic carboxylic acids is 1. The van der Waals surface area contributed by atoms with Gasteiger partial charge in [0, 0.05) is 54.9 Å². The van der Waals surface area contributed by atoms with Crippen LogP contribution in [0.5, 0.6) is 5.75 Å². The van der Waals surface area contributed by atoms with Gasteiger partial charge in [-0.15, -0.1) is 0 Å². The number of carboxylic acids is 1. The Morgan fingerprint density at radius 2 is 1.88 bits per heavy atom. The highest BCUT2D eigenvalue weighted by molar-refractivity contribution is 7.91. The number of carboxylic acid groups (broad SMARTS) is 1. The maximum absolute atomic E-state index is 12.4. The van der Waals surface area contributed by atoms with Gasteiger partial charge in [-0.2, -0.15) is 0 Å². The van der Waals surface area contributed by atoms with Crippen molar-refractivity contribution < 1.29 is 23.1 Å². The Bertz CT molecular complexity index is 1270. The topological polar surface area (TPSA) is 103 Å². The number of benzene rings is 2. The molecule has 2 fully saturated rings. The third-order valence-corrected chi connectivity index (χ3v) is 8.65. The van der Waals surface area contributed by atoms with Crippen molar-refractivity contribution in [1.29, 1.82) is 0 Å². The Labute approximate surface area is 199 Å². The molecule has 9 heteroatoms. The van der Waals surface area contributed by atoms with E-state index in [0.717, 1.165) is 16.5 Å². The van der Waals surface area contributed by atoms with Gasteiger partial charge in [0.1, 0.15) is 18.4 Å². The lowest BCUT2D eigenvalue weighted by Crippen LogP contribution is -2.52. The van der Waals surface area contributed by atoms with E-state index in [2.05, 4.69) is 9.88 Å². The molecule has 0 spiro atoms. The fourth-order valence-corrected chi connectivity index (χ4v) is 6.85. The molecule has 0 radical (unpaired) electrons. The summed E-state index contributed by atoms with van der Waals surface area (Å²) in [5.74, 6) is 0.255. The van der Waals surface area contributed by atoms with Crippen LogP contribution in [0.3, 0.4) is 0 Å². The lowest BCUT2D eigenvalue weighted by Gasteiger charge is -2.40. The lowest BCUT2D eigenvalue weighted by molar-refractivity contribution is -0.144. The predicted molar refractivity (Wildman–Crippen MR) is 130 cm³/mol. The molecule has 3 aromatic rings. The summed E-state index contributed by atoms with van der Waals surface area (Å²) in [7, 11) is -2.94. The third kappa shape index (κ3) is 4.82. The number of fused-ring (bicyclic) bond motifs is 1. The second kappa shape index (κ2) is 9.40. The first-order chi connectivity index (χ1) is 16.4. The van der Waals surface area contributed by atoms with Gasteiger partial charge < -0.3 is 14.8 Å². The van der Waals surface area contributed by atoms with E-state index in [-0.39, 0.29) is 17.5 Å². The molecule has 2 aromatic carbocycles. The Morgan fingerprint density at radius 3 is 2.56 bits per heavy atom. The third-order valence-electron chi connectivity index (χ3n) is 6.90. The zero-order valence-corrected chi connectivity index (χ0v) is 19.7. The van der Waals surface area contributed by atoms with Crippen LogP contribution in [-0.2, 0) is 21.2 Å². The monoisotopic (exact) mass is 483 g/mol. The molecule has 34 heavy (non-hydrogen) atoms. The number of nitrogens with one attached hydrogen (secondary N) is 1. The number of aromatic amines is 1. The largest absolute Gasteiger partial charge is 0.489 e. The number of aromatic nitrogens is 1. The van der Waals surface area contributed by atoms with Crippen molar-refractivity contribution in [3.05, 3.63) is 65.9 Å². The first-order valence-electron chi connectivity index (χ1n) is 11.6. The van der Waals surface area contributed by atoms with Crippen molar-refractivity contribution in [2.75, 3.05) is 37.7 Å². The second-order valence-corrected chi connectivity index (χ2v) is 11.3. The highest BCUT2D eigenvalue weighted by atomic mass is 32.2. The van der Waals surface area contributed by atoms with E-state index in [1.54, 1.807) is 6.20 Å². The SMILES string of the molecule is O=C(O)C(c1c[nH]c2ccc(OCc3ccccc3)cc12)N1CCN(C2CCS(=O)(=O)C2)CC1. The van der Waals surface area contributed by atoms with Crippen molar-refractivity contribution in [1.82, 2.24) is 14.8 Å². The minimum absolute atomic E-state index is 0.0489. The Kier molecular flexibility index (Phi) is 6.33. The molecule has 8 nitrogen and oxygen atoms in total. The number of hydrogen-bond donors (Lipinski definition) is 2. The number of piperazine rings is 1. The zero-order chi connectivity index (χ0) is 23.7. The Morgan fingerprint density at radius 1 is 1.12 bits per heavy atom. The van der Waals surface area contributed by atoms with Crippen molar-refractivity contribution >= 4 is 26.7 Å². The van der Waals surface area contributed by atoms with E-state index >= 15 is 0 Å². The Balaban J connectivity index is 1.32. The van der Waals surface area contributed by atoms with Gasteiger partial charge in [0.15, 0.2) is 9.84 Å². The predicted octanol–water partition coefficient (Wildman–Crippen LogP) is 2.68. The summed E-state index contributed by atoms with van der Waals surface area (Å²) in [6.07, 6.45) is 2.44. The van der Waals surface area contributed by atoms with E-state index in [1.807, 2.05) is 53.4 Å². The molecule has 2 saturated heterocycles. The van der Waals surface area contributed by atoms with Crippen LogP contribution in [0.4, 0.5) is 0 Å². The molecule has 2 aliphatic rings. The number of H-pyrrole nitrogens is 1. The van der Waals surface area contributed by atoms with Crippen LogP contribution in [0.1, 0.15) is 23.6 Å². The normalized spacial score (nSPS) is 22.1. The molecule has 2 aliphatic heterocycles. The number of ether oxygens (including phenoxy) is 1. The molecular weight excluding hydrogens is 454 g/mol. The highest BCUT2D eigenvalue weighted by Crippen LogP contribution is 2.32. The van der Waals surface area contributed by atoms with Gasteiger partial charge in [0.25, 0.3) is 0 Å². The van der Waals surface area contributed by atoms with Crippen LogP contribution in [0.2, 0.25) is 0 Å². The van der Waals surface area contributed by atoms with Crippen LogP contribution >= 0.6 is 0 Å². The fourth-order valence-electron chi connectivity index (χ4n) is 5.09. The van der Waals surface area contributed by atoms with Gasteiger partial charge in [-0.25, -0.2) is 8.42 Å².